The summed E-state index contributed by atoms with van der Waals surface area (Å²) in [5, 5.41) is 7.51. The maximum atomic E-state index is 13.6. The molecule has 2 aromatic carbocycles. The van der Waals surface area contributed by atoms with Crippen LogP contribution in [0.3, 0.4) is 0 Å². The van der Waals surface area contributed by atoms with Crippen LogP contribution in [0, 0.1) is 11.8 Å². The van der Waals surface area contributed by atoms with Gasteiger partial charge in [0.25, 0.3) is 0 Å². The Balaban J connectivity index is 1.26. The number of piperazine rings is 1. The third-order valence-corrected chi connectivity index (χ3v) is 8.06. The number of rotatable bonds is 2. The van der Waals surface area contributed by atoms with Crippen LogP contribution in [0.4, 0.5) is 5.82 Å². The second kappa shape index (κ2) is 9.74. The molecule has 0 spiro atoms. The summed E-state index contributed by atoms with van der Waals surface area (Å²) < 4.78 is 0. The van der Waals surface area contributed by atoms with Gasteiger partial charge in [0.2, 0.25) is 11.8 Å². The average molecular weight is 499 g/mol. The van der Waals surface area contributed by atoms with Crippen molar-refractivity contribution in [2.75, 3.05) is 31.5 Å². The van der Waals surface area contributed by atoms with Crippen LogP contribution >= 0.6 is 0 Å². The minimum atomic E-state index is -0.420. The number of hydrogen-bond acceptors (Lipinski definition) is 6. The second-order valence-corrected chi connectivity index (χ2v) is 10.9. The van der Waals surface area contributed by atoms with E-state index in [-0.39, 0.29) is 29.7 Å². The van der Waals surface area contributed by atoms with Crippen molar-refractivity contribution < 1.29 is 9.59 Å². The second-order valence-electron chi connectivity index (χ2n) is 10.9. The van der Waals surface area contributed by atoms with Gasteiger partial charge >= 0.3 is 0 Å². The first-order valence-corrected chi connectivity index (χ1v) is 13.4. The van der Waals surface area contributed by atoms with Crippen molar-refractivity contribution in [1.82, 2.24) is 25.1 Å². The van der Waals surface area contributed by atoms with E-state index < -0.39 is 6.04 Å². The number of nitrogens with zero attached hydrogens (tertiary/aromatic N) is 4. The number of amides is 2. The number of fused-ring (bicyclic) bond motifs is 6. The number of para-hydroxylation sites is 1. The smallest absolute Gasteiger partial charge is 0.242 e. The van der Waals surface area contributed by atoms with E-state index in [1.54, 1.807) is 0 Å². The molecule has 3 aliphatic rings. The molecule has 6 rings (SSSR count). The monoisotopic (exact) mass is 498 g/mol. The van der Waals surface area contributed by atoms with Crippen LogP contribution < -0.4 is 10.6 Å². The predicted molar refractivity (Wildman–Crippen MR) is 143 cm³/mol. The summed E-state index contributed by atoms with van der Waals surface area (Å²) in [5.74, 6) is 1.68. The summed E-state index contributed by atoms with van der Waals surface area (Å²) in [6.07, 6.45) is 1.62. The molecule has 192 valence electrons. The van der Waals surface area contributed by atoms with E-state index in [1.165, 1.54) is 11.1 Å². The molecule has 3 aromatic rings. The topological polar surface area (TPSA) is 90.5 Å². The van der Waals surface area contributed by atoms with Crippen molar-refractivity contribution in [3.8, 4) is 0 Å². The Morgan fingerprint density at radius 3 is 2.49 bits per heavy atom. The van der Waals surface area contributed by atoms with E-state index in [0.717, 1.165) is 36.1 Å². The molecule has 37 heavy (non-hydrogen) atoms. The zero-order valence-electron chi connectivity index (χ0n) is 21.5. The molecule has 8 heteroatoms. The number of nitrogens with one attached hydrogen (secondary N) is 2. The number of aromatic nitrogens is 2. The Labute approximate surface area is 217 Å². The van der Waals surface area contributed by atoms with Gasteiger partial charge in [-0.2, -0.15) is 0 Å². The van der Waals surface area contributed by atoms with Gasteiger partial charge in [0, 0.05) is 43.5 Å². The number of carbonyl (C=O) groups is 2. The van der Waals surface area contributed by atoms with Gasteiger partial charge in [-0.1, -0.05) is 50.2 Å². The summed E-state index contributed by atoms with van der Waals surface area (Å²) in [6, 6.07) is 15.9. The largest absolute Gasteiger partial charge is 0.358 e. The number of carbonyl (C=O) groups excluding carboxylic acids is 2. The van der Waals surface area contributed by atoms with Crippen molar-refractivity contribution in [3.05, 3.63) is 65.5 Å². The molecule has 1 saturated heterocycles. The van der Waals surface area contributed by atoms with Gasteiger partial charge in [-0.25, -0.2) is 9.97 Å². The van der Waals surface area contributed by atoms with E-state index in [0.29, 0.717) is 32.0 Å². The SMILES string of the molecule is CC(C)[C@@H]1Nc2nc(nc3ccccc23)CN2CCN(C(=O)C3Cc4ccccc4C3)CC2CNC1=O. The van der Waals surface area contributed by atoms with Gasteiger partial charge in [0.05, 0.1) is 12.1 Å². The van der Waals surface area contributed by atoms with E-state index in [4.69, 9.17) is 9.97 Å². The number of anilines is 1. The quantitative estimate of drug-likeness (QED) is 0.565. The van der Waals surface area contributed by atoms with Gasteiger partial charge in [-0.05, 0) is 42.0 Å². The number of benzene rings is 2. The Hall–Kier alpha value is -3.52. The molecular formula is C29H34N6O2. The molecule has 2 N–H and O–H groups in total. The molecule has 2 aliphatic heterocycles. The van der Waals surface area contributed by atoms with Crippen LogP contribution in [0.15, 0.2) is 48.5 Å². The Morgan fingerprint density at radius 2 is 1.73 bits per heavy atom. The van der Waals surface area contributed by atoms with Crippen molar-refractivity contribution >= 4 is 28.5 Å². The first-order valence-electron chi connectivity index (χ1n) is 13.4. The van der Waals surface area contributed by atoms with Crippen molar-refractivity contribution in [2.24, 2.45) is 11.8 Å². The molecule has 1 fully saturated rings. The van der Waals surface area contributed by atoms with Gasteiger partial charge in [-0.3, -0.25) is 14.5 Å². The molecule has 3 heterocycles. The summed E-state index contributed by atoms with van der Waals surface area (Å²) in [6.45, 7) is 7.10. The Bertz CT molecular complexity index is 1320. The third kappa shape index (κ3) is 4.66. The molecule has 2 amide bonds. The molecule has 0 saturated carbocycles. The van der Waals surface area contributed by atoms with Crippen molar-refractivity contribution in [3.63, 3.8) is 0 Å². The highest BCUT2D eigenvalue weighted by Gasteiger charge is 2.36. The molecule has 1 unspecified atom stereocenters. The van der Waals surface area contributed by atoms with Crippen LogP contribution in [0.1, 0.15) is 30.8 Å². The average Bonchev–Trinajstić information content (AvgIpc) is 3.34. The fourth-order valence-electron chi connectivity index (χ4n) is 5.98. The van der Waals surface area contributed by atoms with E-state index in [2.05, 4.69) is 39.8 Å². The molecule has 8 nitrogen and oxygen atoms in total. The highest BCUT2D eigenvalue weighted by Crippen LogP contribution is 2.29. The molecule has 2 bridgehead atoms. The van der Waals surface area contributed by atoms with Gasteiger partial charge in [-0.15, -0.1) is 0 Å². The first kappa shape index (κ1) is 23.9. The fraction of sp³-hybridized carbons (Fsp3) is 0.448. The summed E-state index contributed by atoms with van der Waals surface area (Å²) in [7, 11) is 0. The zero-order chi connectivity index (χ0) is 25.5. The lowest BCUT2D eigenvalue weighted by atomic mass is 10.0. The molecule has 0 radical (unpaired) electrons. The predicted octanol–water partition coefficient (Wildman–Crippen LogP) is 2.62. The highest BCUT2D eigenvalue weighted by molar-refractivity contribution is 5.92. The maximum absolute atomic E-state index is 13.6. The van der Waals surface area contributed by atoms with Crippen molar-refractivity contribution in [1.29, 1.82) is 0 Å². The van der Waals surface area contributed by atoms with Crippen LogP contribution in [-0.4, -0.2) is 69.8 Å². The van der Waals surface area contributed by atoms with Gasteiger partial charge in [0.1, 0.15) is 17.7 Å². The lowest BCUT2D eigenvalue weighted by Crippen LogP contribution is -2.59. The summed E-state index contributed by atoms with van der Waals surface area (Å²) in [5.41, 5.74) is 3.44. The molecule has 1 aromatic heterocycles. The van der Waals surface area contributed by atoms with Crippen LogP contribution in [0.2, 0.25) is 0 Å². The Kier molecular flexibility index (Phi) is 6.28. The third-order valence-electron chi connectivity index (χ3n) is 8.06. The summed E-state index contributed by atoms with van der Waals surface area (Å²) in [4.78, 5) is 40.9. The normalized spacial score (nSPS) is 22.7. The maximum Gasteiger partial charge on any atom is 0.242 e. The first-order chi connectivity index (χ1) is 18.0. The molecule has 2 atom stereocenters. The Morgan fingerprint density at radius 1 is 1.00 bits per heavy atom. The lowest BCUT2D eigenvalue weighted by Gasteiger charge is -2.42. The van der Waals surface area contributed by atoms with Crippen LogP contribution in [-0.2, 0) is 29.0 Å². The lowest BCUT2D eigenvalue weighted by molar-refractivity contribution is -0.138. The zero-order valence-corrected chi connectivity index (χ0v) is 21.5. The van der Waals surface area contributed by atoms with Crippen LogP contribution in [0.25, 0.3) is 10.9 Å². The van der Waals surface area contributed by atoms with E-state index in [9.17, 15) is 9.59 Å². The minimum Gasteiger partial charge on any atom is -0.358 e. The minimum absolute atomic E-state index is 0.00201. The van der Waals surface area contributed by atoms with Crippen LogP contribution in [0.5, 0.6) is 0 Å². The number of hydrogen-bond donors (Lipinski definition) is 2. The van der Waals surface area contributed by atoms with E-state index >= 15 is 0 Å². The molecule has 1 aliphatic carbocycles. The van der Waals surface area contributed by atoms with Gasteiger partial charge in [0.15, 0.2) is 0 Å². The highest BCUT2D eigenvalue weighted by atomic mass is 16.2. The van der Waals surface area contributed by atoms with Gasteiger partial charge < -0.3 is 15.5 Å². The standard InChI is InChI=1S/C29H34N6O2/c1-18(2)26-28(36)30-15-22-16-35(29(37)21-13-19-7-3-4-8-20(19)14-21)12-11-34(22)17-25-31-24-10-6-5-9-23(24)27(32-25)33-26/h3-10,18,21-22,26H,11-17H2,1-2H3,(H,30,36)(H,31,32,33)/t22?,26-/m0/s1. The van der Waals surface area contributed by atoms with E-state index in [1.807, 2.05) is 43.0 Å². The molecular weight excluding hydrogens is 464 g/mol. The summed E-state index contributed by atoms with van der Waals surface area (Å²) >= 11 is 0. The fourth-order valence-corrected chi connectivity index (χ4v) is 5.98. The van der Waals surface area contributed by atoms with Crippen molar-refractivity contribution in [2.45, 2.75) is 45.3 Å².